The number of hydrogen-bond acceptors (Lipinski definition) is 3. The maximum absolute atomic E-state index is 12.3. The van der Waals surface area contributed by atoms with Crippen LogP contribution in [0.5, 0.6) is 5.75 Å². The van der Waals surface area contributed by atoms with Crippen LogP contribution in [0.2, 0.25) is 0 Å². The normalized spacial score (nSPS) is 11.6. The second kappa shape index (κ2) is 8.41. The molecule has 0 spiro atoms. The van der Waals surface area contributed by atoms with Crippen molar-refractivity contribution in [3.63, 3.8) is 0 Å². The predicted octanol–water partition coefficient (Wildman–Crippen LogP) is 2.76. The van der Waals surface area contributed by atoms with E-state index in [2.05, 4.69) is 10.9 Å². The summed E-state index contributed by atoms with van der Waals surface area (Å²) >= 11 is 10.8. The Balaban J connectivity index is 2.13. The Morgan fingerprint density at radius 3 is 1.91 bits per heavy atom. The molecule has 0 aromatic heterocycles. The highest BCUT2D eigenvalue weighted by Crippen LogP contribution is 2.21. The van der Waals surface area contributed by atoms with Crippen LogP contribution in [0, 0.1) is 0 Å². The van der Waals surface area contributed by atoms with Crippen LogP contribution in [0.4, 0.5) is 0 Å². The average molecular weight is 353 g/mol. The highest BCUT2D eigenvalue weighted by atomic mass is 35.5. The summed E-state index contributed by atoms with van der Waals surface area (Å²) in [6, 6.07) is 17.8. The smallest absolute Gasteiger partial charge is 0.284 e. The largest absolute Gasteiger partial charge is 0.476 e. The number of amides is 2. The van der Waals surface area contributed by atoms with E-state index in [0.717, 1.165) is 0 Å². The Morgan fingerprint density at radius 2 is 1.35 bits per heavy atom. The van der Waals surface area contributed by atoms with Crippen molar-refractivity contribution >= 4 is 35.0 Å². The molecule has 1 atom stereocenters. The minimum Gasteiger partial charge on any atom is -0.476 e. The van der Waals surface area contributed by atoms with E-state index in [9.17, 15) is 9.59 Å². The molecule has 2 N–H and O–H groups in total. The first-order valence-corrected chi connectivity index (χ1v) is 7.59. The zero-order valence-corrected chi connectivity index (χ0v) is 13.4. The molecule has 0 heterocycles. The Bertz CT molecular complexity index is 651. The van der Waals surface area contributed by atoms with Gasteiger partial charge in [-0.05, 0) is 12.1 Å². The van der Waals surface area contributed by atoms with Crippen molar-refractivity contribution < 1.29 is 14.3 Å². The molecule has 0 bridgehead atoms. The van der Waals surface area contributed by atoms with Crippen LogP contribution in [0.3, 0.4) is 0 Å². The second-order valence-electron chi connectivity index (χ2n) is 4.50. The van der Waals surface area contributed by atoms with Gasteiger partial charge in [-0.15, -0.1) is 0 Å². The van der Waals surface area contributed by atoms with Gasteiger partial charge in [0.25, 0.3) is 11.8 Å². The van der Waals surface area contributed by atoms with E-state index in [4.69, 9.17) is 27.9 Å². The lowest BCUT2D eigenvalue weighted by atomic mass is 10.1. The van der Waals surface area contributed by atoms with E-state index in [1.54, 1.807) is 48.5 Å². The molecule has 7 heteroatoms. The Morgan fingerprint density at radius 1 is 0.826 bits per heavy atom. The van der Waals surface area contributed by atoms with Crippen LogP contribution in [-0.2, 0) is 9.59 Å². The maximum Gasteiger partial charge on any atom is 0.284 e. The lowest BCUT2D eigenvalue weighted by molar-refractivity contribution is -0.133. The summed E-state index contributed by atoms with van der Waals surface area (Å²) in [5, 5.41) is 0. The third kappa shape index (κ3) is 5.16. The zero-order valence-electron chi connectivity index (χ0n) is 11.9. The van der Waals surface area contributed by atoms with Gasteiger partial charge in [0.05, 0.1) is 0 Å². The third-order valence-electron chi connectivity index (χ3n) is 2.84. The summed E-state index contributed by atoms with van der Waals surface area (Å²) in [5.74, 6) is -0.758. The molecule has 2 aromatic rings. The fourth-order valence-electron chi connectivity index (χ4n) is 1.78. The standard InChI is InChI=1S/C16H14Cl2N2O3/c17-14(18)16(22)20-19-15(21)13(11-7-3-1-4-8-11)23-12-9-5-2-6-10-12/h1-10,13-14H,(H,19,21)(H,20,22)/t13-/m1/s1. The van der Waals surface area contributed by atoms with Gasteiger partial charge in [-0.25, -0.2) is 0 Å². The minimum atomic E-state index is -1.28. The van der Waals surface area contributed by atoms with Crippen LogP contribution >= 0.6 is 23.2 Å². The maximum atomic E-state index is 12.3. The fraction of sp³-hybridized carbons (Fsp3) is 0.125. The average Bonchev–Trinajstić information content (AvgIpc) is 2.58. The number of carbonyl (C=O) groups is 2. The number of carbonyl (C=O) groups excluding carboxylic acids is 2. The lowest BCUT2D eigenvalue weighted by Gasteiger charge is -2.19. The van der Waals surface area contributed by atoms with Gasteiger partial charge in [-0.1, -0.05) is 71.7 Å². The molecule has 5 nitrogen and oxygen atoms in total. The van der Waals surface area contributed by atoms with E-state index < -0.39 is 22.8 Å². The molecular formula is C16H14Cl2N2O3. The number of benzene rings is 2. The predicted molar refractivity (Wildman–Crippen MR) is 88.0 cm³/mol. The molecule has 120 valence electrons. The van der Waals surface area contributed by atoms with Crippen molar-refractivity contribution in [2.45, 2.75) is 10.9 Å². The first kappa shape index (κ1) is 17.1. The van der Waals surface area contributed by atoms with E-state index in [1.165, 1.54) is 0 Å². The number of alkyl halides is 2. The van der Waals surface area contributed by atoms with Crippen LogP contribution in [0.15, 0.2) is 60.7 Å². The van der Waals surface area contributed by atoms with Gasteiger partial charge in [-0.3, -0.25) is 20.4 Å². The van der Waals surface area contributed by atoms with E-state index in [-0.39, 0.29) is 0 Å². The molecule has 0 aliphatic carbocycles. The molecule has 0 fully saturated rings. The molecule has 0 unspecified atom stereocenters. The number of hydrogen-bond donors (Lipinski definition) is 2. The number of para-hydroxylation sites is 1. The monoisotopic (exact) mass is 352 g/mol. The second-order valence-corrected chi connectivity index (χ2v) is 5.60. The van der Waals surface area contributed by atoms with Crippen LogP contribution in [0.1, 0.15) is 11.7 Å². The summed E-state index contributed by atoms with van der Waals surface area (Å²) in [6.07, 6.45) is -0.942. The molecule has 2 aromatic carbocycles. The Labute approximate surface area is 143 Å². The van der Waals surface area contributed by atoms with E-state index in [1.807, 2.05) is 12.1 Å². The molecule has 0 saturated heterocycles. The molecule has 0 aliphatic rings. The van der Waals surface area contributed by atoms with E-state index in [0.29, 0.717) is 11.3 Å². The van der Waals surface area contributed by atoms with Gasteiger partial charge in [0.1, 0.15) is 5.75 Å². The van der Waals surface area contributed by atoms with Crippen molar-refractivity contribution in [1.82, 2.24) is 10.9 Å². The van der Waals surface area contributed by atoms with Gasteiger partial charge in [-0.2, -0.15) is 0 Å². The zero-order chi connectivity index (χ0) is 16.7. The lowest BCUT2D eigenvalue weighted by Crippen LogP contribution is -2.46. The van der Waals surface area contributed by atoms with Crippen molar-refractivity contribution in [3.8, 4) is 5.75 Å². The van der Waals surface area contributed by atoms with Crippen LogP contribution in [0.25, 0.3) is 0 Å². The number of rotatable bonds is 5. The van der Waals surface area contributed by atoms with E-state index >= 15 is 0 Å². The van der Waals surface area contributed by atoms with Crippen molar-refractivity contribution in [1.29, 1.82) is 0 Å². The summed E-state index contributed by atoms with van der Waals surface area (Å²) < 4.78 is 5.73. The SMILES string of the molecule is O=C(NNC(=O)[C@H](Oc1ccccc1)c1ccccc1)C(Cl)Cl. The number of nitrogens with one attached hydrogen (secondary N) is 2. The minimum absolute atomic E-state index is 0.524. The Hall–Kier alpha value is -2.24. The summed E-state index contributed by atoms with van der Waals surface area (Å²) in [5.41, 5.74) is 5.02. The van der Waals surface area contributed by atoms with Crippen molar-refractivity contribution in [2.75, 3.05) is 0 Å². The number of ether oxygens (including phenoxy) is 1. The highest BCUT2D eigenvalue weighted by molar-refractivity contribution is 6.53. The van der Waals surface area contributed by atoms with Crippen LogP contribution in [-0.4, -0.2) is 16.7 Å². The molecule has 23 heavy (non-hydrogen) atoms. The number of hydrazine groups is 1. The quantitative estimate of drug-likeness (QED) is 0.642. The molecule has 0 radical (unpaired) electrons. The molecule has 2 amide bonds. The molecule has 0 saturated carbocycles. The van der Waals surface area contributed by atoms with Gasteiger partial charge in [0, 0.05) is 5.56 Å². The highest BCUT2D eigenvalue weighted by Gasteiger charge is 2.23. The topological polar surface area (TPSA) is 67.4 Å². The summed E-state index contributed by atoms with van der Waals surface area (Å²) in [4.78, 5) is 22.4. The summed E-state index contributed by atoms with van der Waals surface area (Å²) in [6.45, 7) is 0. The van der Waals surface area contributed by atoms with Gasteiger partial charge >= 0.3 is 0 Å². The van der Waals surface area contributed by atoms with Gasteiger partial charge in [0.15, 0.2) is 4.84 Å². The van der Waals surface area contributed by atoms with Crippen molar-refractivity contribution in [2.24, 2.45) is 0 Å². The van der Waals surface area contributed by atoms with Gasteiger partial charge in [0.2, 0.25) is 6.10 Å². The van der Waals surface area contributed by atoms with Gasteiger partial charge < -0.3 is 4.74 Å². The third-order valence-corrected chi connectivity index (χ3v) is 3.24. The molecule has 0 aliphatic heterocycles. The molecule has 2 rings (SSSR count). The molecular weight excluding hydrogens is 339 g/mol. The first-order chi connectivity index (χ1) is 11.1. The Kier molecular flexibility index (Phi) is 6.26. The van der Waals surface area contributed by atoms with Crippen molar-refractivity contribution in [3.05, 3.63) is 66.2 Å². The van der Waals surface area contributed by atoms with Crippen LogP contribution < -0.4 is 15.6 Å². The number of halogens is 2. The summed E-state index contributed by atoms with van der Waals surface area (Å²) in [7, 11) is 0. The fourth-order valence-corrected chi connectivity index (χ4v) is 1.89. The first-order valence-electron chi connectivity index (χ1n) is 6.72.